The zero-order chi connectivity index (χ0) is 24.9. The Morgan fingerprint density at radius 1 is 1.03 bits per heavy atom. The summed E-state index contributed by atoms with van der Waals surface area (Å²) >= 11 is 0.571. The first-order chi connectivity index (χ1) is 15.9. The summed E-state index contributed by atoms with van der Waals surface area (Å²) in [5.74, 6) is 0.228. The second-order valence-corrected chi connectivity index (χ2v) is 10.3. The van der Waals surface area contributed by atoms with Crippen LogP contribution in [0.25, 0.3) is 0 Å². The molecule has 0 saturated heterocycles. The molecule has 182 valence electrons. The van der Waals surface area contributed by atoms with Crippen LogP contribution in [0, 0.1) is 0 Å². The van der Waals surface area contributed by atoms with Crippen molar-refractivity contribution in [3.8, 4) is 0 Å². The molecule has 2 aromatic carbocycles. The summed E-state index contributed by atoms with van der Waals surface area (Å²) in [5.41, 5.74) is 2.38. The van der Waals surface area contributed by atoms with Gasteiger partial charge in [0, 0.05) is 23.2 Å². The lowest BCUT2D eigenvalue weighted by Crippen LogP contribution is -2.14. The fraction of sp³-hybridized carbons (Fsp3) is 0.273. The van der Waals surface area contributed by atoms with E-state index in [1.165, 1.54) is 30.1 Å². The highest BCUT2D eigenvalue weighted by Gasteiger charge is 2.28. The summed E-state index contributed by atoms with van der Waals surface area (Å²) < 4.78 is 61.5. The molecule has 3 aromatic rings. The van der Waals surface area contributed by atoms with Gasteiger partial charge in [-0.25, -0.2) is 23.5 Å². The van der Waals surface area contributed by atoms with Gasteiger partial charge in [0.1, 0.15) is 18.0 Å². The Morgan fingerprint density at radius 2 is 1.71 bits per heavy atom. The molecule has 0 amide bonds. The number of anilines is 3. The van der Waals surface area contributed by atoms with Gasteiger partial charge >= 0.3 is 6.18 Å². The first-order valence-electron chi connectivity index (χ1n) is 10.2. The van der Waals surface area contributed by atoms with E-state index in [4.69, 9.17) is 5.14 Å². The standard InChI is InChI=1S/C22H24F3N5O2S2/c1-14(2)15-3-5-17(6-4-15)30-21-10-20(28-13-29-21)27-11-16-9-18(34(26,31)32)7-8-19(16)33-12-22(23,24)25/h3-10,13-14H,11-12H2,1-2H3,(H2,26,31,32)(H2,27,28,29,30). The lowest BCUT2D eigenvalue weighted by Gasteiger charge is -2.14. The van der Waals surface area contributed by atoms with Crippen molar-refractivity contribution in [2.24, 2.45) is 5.14 Å². The third kappa shape index (κ3) is 7.61. The number of benzene rings is 2. The molecule has 34 heavy (non-hydrogen) atoms. The van der Waals surface area contributed by atoms with E-state index in [0.717, 1.165) is 5.69 Å². The molecule has 7 nitrogen and oxygen atoms in total. The number of sulfonamides is 1. The van der Waals surface area contributed by atoms with Gasteiger partial charge in [-0.3, -0.25) is 0 Å². The largest absolute Gasteiger partial charge is 0.398 e. The van der Waals surface area contributed by atoms with E-state index < -0.39 is 22.0 Å². The van der Waals surface area contributed by atoms with Gasteiger partial charge in [0.15, 0.2) is 0 Å². The molecular formula is C22H24F3N5O2S2. The Morgan fingerprint density at radius 3 is 2.32 bits per heavy atom. The smallest absolute Gasteiger partial charge is 0.366 e. The fourth-order valence-electron chi connectivity index (χ4n) is 2.98. The first-order valence-corrected chi connectivity index (χ1v) is 12.7. The number of hydrogen-bond acceptors (Lipinski definition) is 7. The van der Waals surface area contributed by atoms with Crippen molar-refractivity contribution in [2.75, 3.05) is 16.4 Å². The molecule has 0 spiro atoms. The number of nitrogens with zero attached hydrogens (tertiary/aromatic N) is 2. The molecule has 0 atom stereocenters. The van der Waals surface area contributed by atoms with E-state index in [1.54, 1.807) is 6.07 Å². The van der Waals surface area contributed by atoms with Crippen LogP contribution >= 0.6 is 11.8 Å². The summed E-state index contributed by atoms with van der Waals surface area (Å²) in [5, 5.41) is 11.4. The van der Waals surface area contributed by atoms with Crippen molar-refractivity contribution in [1.82, 2.24) is 9.97 Å². The summed E-state index contributed by atoms with van der Waals surface area (Å²) in [6, 6.07) is 13.3. The van der Waals surface area contributed by atoms with Crippen LogP contribution in [0.2, 0.25) is 0 Å². The minimum Gasteiger partial charge on any atom is -0.366 e. The minimum atomic E-state index is -4.37. The summed E-state index contributed by atoms with van der Waals surface area (Å²) in [7, 11) is -4.01. The normalized spacial score (nSPS) is 12.1. The Labute approximate surface area is 200 Å². The summed E-state index contributed by atoms with van der Waals surface area (Å²) in [4.78, 5) is 8.41. The fourth-order valence-corrected chi connectivity index (χ4v) is 4.34. The number of thioether (sulfide) groups is 1. The third-order valence-corrected chi connectivity index (χ3v) is 6.82. The van der Waals surface area contributed by atoms with Crippen LogP contribution in [0.4, 0.5) is 30.5 Å². The molecule has 12 heteroatoms. The molecule has 3 rings (SSSR count). The van der Waals surface area contributed by atoms with Gasteiger partial charge in [0.25, 0.3) is 0 Å². The second-order valence-electron chi connectivity index (χ2n) is 7.76. The van der Waals surface area contributed by atoms with Crippen molar-refractivity contribution < 1.29 is 21.6 Å². The van der Waals surface area contributed by atoms with Gasteiger partial charge in [-0.1, -0.05) is 26.0 Å². The van der Waals surface area contributed by atoms with E-state index >= 15 is 0 Å². The molecule has 0 saturated carbocycles. The highest BCUT2D eigenvalue weighted by molar-refractivity contribution is 7.99. The van der Waals surface area contributed by atoms with Crippen molar-refractivity contribution in [3.05, 3.63) is 66.0 Å². The van der Waals surface area contributed by atoms with E-state index in [0.29, 0.717) is 34.9 Å². The van der Waals surface area contributed by atoms with E-state index in [9.17, 15) is 21.6 Å². The molecule has 0 bridgehead atoms. The lowest BCUT2D eigenvalue weighted by atomic mass is 10.0. The van der Waals surface area contributed by atoms with Crippen LogP contribution in [0.3, 0.4) is 0 Å². The van der Waals surface area contributed by atoms with Gasteiger partial charge in [0.05, 0.1) is 10.6 Å². The van der Waals surface area contributed by atoms with Crippen LogP contribution < -0.4 is 15.8 Å². The Balaban J connectivity index is 1.76. The van der Waals surface area contributed by atoms with Crippen LogP contribution in [-0.4, -0.2) is 30.3 Å². The summed E-state index contributed by atoms with van der Waals surface area (Å²) in [6.45, 7) is 4.25. The topological polar surface area (TPSA) is 110 Å². The van der Waals surface area contributed by atoms with Gasteiger partial charge in [-0.05, 0) is 47.4 Å². The minimum absolute atomic E-state index is 0.0308. The van der Waals surface area contributed by atoms with Crippen LogP contribution in [0.5, 0.6) is 0 Å². The maximum absolute atomic E-state index is 12.7. The third-order valence-electron chi connectivity index (χ3n) is 4.73. The molecular weight excluding hydrogens is 487 g/mol. The lowest BCUT2D eigenvalue weighted by molar-refractivity contribution is -0.105. The van der Waals surface area contributed by atoms with E-state index in [1.807, 2.05) is 24.3 Å². The van der Waals surface area contributed by atoms with Gasteiger partial charge < -0.3 is 10.6 Å². The number of alkyl halides is 3. The molecule has 0 fully saturated rings. The Hall–Kier alpha value is -2.83. The van der Waals surface area contributed by atoms with Crippen molar-refractivity contribution in [2.45, 2.75) is 42.3 Å². The first kappa shape index (κ1) is 25.8. The van der Waals surface area contributed by atoms with Crippen LogP contribution in [0.15, 0.2) is 64.6 Å². The predicted molar refractivity (Wildman–Crippen MR) is 128 cm³/mol. The van der Waals surface area contributed by atoms with Crippen molar-refractivity contribution >= 4 is 39.1 Å². The number of halogens is 3. The zero-order valence-corrected chi connectivity index (χ0v) is 20.1. The monoisotopic (exact) mass is 511 g/mol. The van der Waals surface area contributed by atoms with Crippen molar-refractivity contribution in [3.63, 3.8) is 0 Å². The maximum Gasteiger partial charge on any atom is 0.398 e. The average Bonchev–Trinajstić information content (AvgIpc) is 2.76. The Bertz CT molecular complexity index is 1230. The number of primary sulfonamides is 1. The van der Waals surface area contributed by atoms with Crippen LogP contribution in [0.1, 0.15) is 30.9 Å². The highest BCUT2D eigenvalue weighted by atomic mass is 32.2. The SMILES string of the molecule is CC(C)c1ccc(Nc2cc(NCc3cc(S(N)(=O)=O)ccc3SCC(F)(F)F)ncn2)cc1. The highest BCUT2D eigenvalue weighted by Crippen LogP contribution is 2.31. The number of nitrogens with one attached hydrogen (secondary N) is 2. The Kier molecular flexibility index (Phi) is 8.05. The molecule has 1 aromatic heterocycles. The summed E-state index contributed by atoms with van der Waals surface area (Å²) in [6.07, 6.45) is -3.03. The molecule has 0 radical (unpaired) electrons. The number of nitrogens with two attached hydrogens (primary N) is 1. The average molecular weight is 512 g/mol. The van der Waals surface area contributed by atoms with E-state index in [-0.39, 0.29) is 16.3 Å². The number of hydrogen-bond donors (Lipinski definition) is 3. The molecule has 1 heterocycles. The molecule has 0 unspecified atom stereocenters. The second kappa shape index (κ2) is 10.6. The number of rotatable bonds is 9. The molecule has 0 aliphatic carbocycles. The zero-order valence-electron chi connectivity index (χ0n) is 18.4. The maximum atomic E-state index is 12.7. The van der Waals surface area contributed by atoms with E-state index in [2.05, 4.69) is 34.4 Å². The molecule has 4 N–H and O–H groups in total. The number of aromatic nitrogens is 2. The van der Waals surface area contributed by atoms with Gasteiger partial charge in [-0.15, -0.1) is 11.8 Å². The quantitative estimate of drug-likeness (QED) is 0.336. The predicted octanol–water partition coefficient (Wildman–Crippen LogP) is 5.26. The van der Waals surface area contributed by atoms with Crippen molar-refractivity contribution in [1.29, 1.82) is 0 Å². The van der Waals surface area contributed by atoms with Gasteiger partial charge in [-0.2, -0.15) is 13.2 Å². The van der Waals surface area contributed by atoms with Crippen LogP contribution in [-0.2, 0) is 16.6 Å². The molecule has 0 aliphatic rings. The molecule has 0 aliphatic heterocycles. The van der Waals surface area contributed by atoms with Gasteiger partial charge in [0.2, 0.25) is 10.0 Å².